The molecule has 2 aliphatic rings. The second-order valence-corrected chi connectivity index (χ2v) is 12.1. The SMILES string of the molecule is CCc1cccc(-c2c(F)cccc2[C@](O)(CCCNC(=O)OC)[C@@H]2CCCN(C(=O)C3CCC(CNC)CC3)C2)c1. The van der Waals surface area contributed by atoms with E-state index in [0.29, 0.717) is 49.5 Å². The number of likely N-dealkylation sites (tertiary alicyclic amines) is 1. The van der Waals surface area contributed by atoms with Crippen molar-refractivity contribution in [1.29, 1.82) is 0 Å². The van der Waals surface area contributed by atoms with E-state index in [-0.39, 0.29) is 23.6 Å². The highest BCUT2D eigenvalue weighted by Gasteiger charge is 2.44. The minimum absolute atomic E-state index is 0.0238. The number of ether oxygens (including phenoxy) is 1. The second-order valence-electron chi connectivity index (χ2n) is 12.1. The van der Waals surface area contributed by atoms with Crippen LogP contribution in [-0.4, -0.2) is 62.3 Å². The molecular formula is C34H48FN3O4. The Kier molecular flexibility index (Phi) is 11.4. The number of halogens is 1. The third kappa shape index (κ3) is 7.51. The maximum absolute atomic E-state index is 15.7. The first kappa shape index (κ1) is 32.0. The van der Waals surface area contributed by atoms with Crippen molar-refractivity contribution < 1.29 is 23.8 Å². The summed E-state index contributed by atoms with van der Waals surface area (Å²) in [5, 5.41) is 18.6. The fourth-order valence-electron chi connectivity index (χ4n) is 7.03. The van der Waals surface area contributed by atoms with E-state index in [2.05, 4.69) is 17.6 Å². The Morgan fingerprint density at radius 3 is 2.60 bits per heavy atom. The van der Waals surface area contributed by atoms with Crippen LogP contribution in [0.25, 0.3) is 11.1 Å². The van der Waals surface area contributed by atoms with E-state index in [9.17, 15) is 14.7 Å². The zero-order valence-corrected chi connectivity index (χ0v) is 25.5. The monoisotopic (exact) mass is 581 g/mol. The molecule has 2 aromatic carbocycles. The Morgan fingerprint density at radius 1 is 1.12 bits per heavy atom. The highest BCUT2D eigenvalue weighted by Crippen LogP contribution is 2.45. The Labute approximate surface area is 250 Å². The summed E-state index contributed by atoms with van der Waals surface area (Å²) >= 11 is 0. The number of amides is 2. The van der Waals surface area contributed by atoms with Gasteiger partial charge in [0.1, 0.15) is 5.82 Å². The molecule has 2 aromatic rings. The van der Waals surface area contributed by atoms with E-state index in [4.69, 9.17) is 4.74 Å². The van der Waals surface area contributed by atoms with Crippen molar-refractivity contribution in [2.24, 2.45) is 17.8 Å². The van der Waals surface area contributed by atoms with Crippen molar-refractivity contribution in [3.63, 3.8) is 0 Å². The number of methoxy groups -OCH3 is 1. The molecule has 230 valence electrons. The fourth-order valence-corrected chi connectivity index (χ4v) is 7.03. The van der Waals surface area contributed by atoms with Gasteiger partial charge in [0.05, 0.1) is 12.7 Å². The van der Waals surface area contributed by atoms with Crippen molar-refractivity contribution >= 4 is 12.0 Å². The summed E-state index contributed by atoms with van der Waals surface area (Å²) in [4.78, 5) is 27.3. The lowest BCUT2D eigenvalue weighted by atomic mass is 9.71. The number of carbonyl (C=O) groups is 2. The molecule has 8 heteroatoms. The van der Waals surface area contributed by atoms with Crippen LogP contribution in [0.1, 0.15) is 69.4 Å². The highest BCUT2D eigenvalue weighted by molar-refractivity contribution is 5.79. The molecule has 0 bridgehead atoms. The number of carbonyl (C=O) groups excluding carboxylic acids is 2. The van der Waals surface area contributed by atoms with Crippen molar-refractivity contribution in [3.05, 3.63) is 59.4 Å². The molecule has 2 atom stereocenters. The Hall–Kier alpha value is -2.97. The van der Waals surface area contributed by atoms with Crippen molar-refractivity contribution in [2.75, 3.05) is 40.3 Å². The van der Waals surface area contributed by atoms with Crippen LogP contribution in [0.4, 0.5) is 9.18 Å². The van der Waals surface area contributed by atoms with Crippen LogP contribution in [-0.2, 0) is 21.6 Å². The van der Waals surface area contributed by atoms with Crippen LogP contribution in [0.3, 0.4) is 0 Å². The van der Waals surface area contributed by atoms with Gasteiger partial charge in [0.2, 0.25) is 5.91 Å². The molecule has 3 N–H and O–H groups in total. The largest absolute Gasteiger partial charge is 0.453 e. The van der Waals surface area contributed by atoms with Gasteiger partial charge in [-0.05, 0) is 100 Å². The molecule has 0 unspecified atom stereocenters. The second kappa shape index (κ2) is 15.0. The smallest absolute Gasteiger partial charge is 0.406 e. The molecule has 0 radical (unpaired) electrons. The Morgan fingerprint density at radius 2 is 1.88 bits per heavy atom. The summed E-state index contributed by atoms with van der Waals surface area (Å²) in [5.74, 6) is 0.176. The Balaban J connectivity index is 1.63. The van der Waals surface area contributed by atoms with Crippen molar-refractivity contribution in [2.45, 2.75) is 70.3 Å². The molecule has 1 saturated carbocycles. The third-order valence-corrected chi connectivity index (χ3v) is 9.39. The quantitative estimate of drug-likeness (QED) is 0.299. The van der Waals surface area contributed by atoms with Crippen molar-refractivity contribution in [1.82, 2.24) is 15.5 Å². The molecule has 4 rings (SSSR count). The molecule has 42 heavy (non-hydrogen) atoms. The molecule has 2 amide bonds. The number of aryl methyl sites for hydroxylation is 1. The maximum atomic E-state index is 15.7. The van der Waals surface area contributed by atoms with E-state index in [0.717, 1.165) is 62.6 Å². The van der Waals surface area contributed by atoms with Crippen LogP contribution in [0.2, 0.25) is 0 Å². The predicted molar refractivity (Wildman–Crippen MR) is 163 cm³/mol. The first-order chi connectivity index (χ1) is 20.3. The highest BCUT2D eigenvalue weighted by atomic mass is 19.1. The van der Waals surface area contributed by atoms with Gasteiger partial charge in [-0.15, -0.1) is 0 Å². The van der Waals surface area contributed by atoms with Gasteiger partial charge in [0.25, 0.3) is 0 Å². The van der Waals surface area contributed by atoms with Gasteiger partial charge in [-0.1, -0.05) is 43.3 Å². The number of hydrogen-bond donors (Lipinski definition) is 3. The van der Waals surface area contributed by atoms with E-state index < -0.39 is 11.7 Å². The van der Waals surface area contributed by atoms with Gasteiger partial charge >= 0.3 is 6.09 Å². The fraction of sp³-hybridized carbons (Fsp3) is 0.588. The first-order valence-electron chi connectivity index (χ1n) is 15.7. The number of piperidine rings is 1. The zero-order chi connectivity index (χ0) is 30.1. The van der Waals surface area contributed by atoms with E-state index >= 15 is 4.39 Å². The topological polar surface area (TPSA) is 90.9 Å². The lowest BCUT2D eigenvalue weighted by Crippen LogP contribution is -2.50. The molecular weight excluding hydrogens is 533 g/mol. The van der Waals surface area contributed by atoms with Crippen molar-refractivity contribution in [3.8, 4) is 11.1 Å². The minimum atomic E-state index is -1.40. The van der Waals surface area contributed by atoms with E-state index in [1.54, 1.807) is 6.07 Å². The number of rotatable bonds is 11. The number of benzene rings is 2. The molecule has 0 aromatic heterocycles. The molecule has 2 fully saturated rings. The maximum Gasteiger partial charge on any atom is 0.406 e. The van der Waals surface area contributed by atoms with Crippen LogP contribution in [0.5, 0.6) is 0 Å². The molecule has 1 heterocycles. The van der Waals surface area contributed by atoms with Gasteiger partial charge in [0.15, 0.2) is 0 Å². The molecule has 1 aliphatic heterocycles. The van der Waals surface area contributed by atoms with Crippen LogP contribution in [0.15, 0.2) is 42.5 Å². The summed E-state index contributed by atoms with van der Waals surface area (Å²) in [6.07, 6.45) is 6.48. The molecule has 1 saturated heterocycles. The predicted octanol–water partition coefficient (Wildman–Crippen LogP) is 5.64. The molecule has 1 aliphatic carbocycles. The summed E-state index contributed by atoms with van der Waals surface area (Å²) in [7, 11) is 3.29. The standard InChI is InChI=1S/C34H48FN3O4/c1-4-24-9-5-10-27(21-24)31-29(12-6-13-30(31)35)34(41,18-8-19-37-33(40)42-3)28-11-7-20-38(23-28)32(39)26-16-14-25(15-17-26)22-36-2/h5-6,9-10,12-13,21,25-26,28,36,41H,4,7-8,11,14-20,22-23H2,1-3H3,(H,37,40)/t25?,26?,28-,34+/m1/s1. The molecule has 7 nitrogen and oxygen atoms in total. The minimum Gasteiger partial charge on any atom is -0.453 e. The van der Waals surface area contributed by atoms with Gasteiger partial charge < -0.3 is 25.4 Å². The average Bonchev–Trinajstić information content (AvgIpc) is 3.03. The third-order valence-electron chi connectivity index (χ3n) is 9.39. The number of nitrogens with one attached hydrogen (secondary N) is 2. The van der Waals surface area contributed by atoms with Crippen LogP contribution in [0, 0.1) is 23.6 Å². The van der Waals surface area contributed by atoms with Gasteiger partial charge in [-0.3, -0.25) is 4.79 Å². The number of hydrogen-bond acceptors (Lipinski definition) is 5. The number of alkyl carbamates (subject to hydrolysis) is 1. The van der Waals surface area contributed by atoms with E-state index in [1.807, 2.05) is 42.3 Å². The number of aliphatic hydroxyl groups is 1. The van der Waals surface area contributed by atoms with Gasteiger partial charge in [0, 0.05) is 37.0 Å². The summed E-state index contributed by atoms with van der Waals surface area (Å²) < 4.78 is 20.4. The van der Waals surface area contributed by atoms with Gasteiger partial charge in [-0.2, -0.15) is 0 Å². The van der Waals surface area contributed by atoms with Crippen LogP contribution < -0.4 is 10.6 Å². The lowest BCUT2D eigenvalue weighted by Gasteiger charge is -2.44. The van der Waals surface area contributed by atoms with Gasteiger partial charge in [-0.25, -0.2) is 9.18 Å². The van der Waals surface area contributed by atoms with E-state index in [1.165, 1.54) is 13.2 Å². The molecule has 0 spiro atoms. The lowest BCUT2D eigenvalue weighted by molar-refractivity contribution is -0.142. The van der Waals surface area contributed by atoms with Crippen LogP contribution >= 0.6 is 0 Å². The normalized spacial score (nSPS) is 22.3. The first-order valence-corrected chi connectivity index (χ1v) is 15.7. The summed E-state index contributed by atoms with van der Waals surface area (Å²) in [6, 6.07) is 12.8. The average molecular weight is 582 g/mol. The summed E-state index contributed by atoms with van der Waals surface area (Å²) in [5.41, 5.74) is 1.37. The Bertz CT molecular complexity index is 1200. The zero-order valence-electron chi connectivity index (χ0n) is 25.5. The summed E-state index contributed by atoms with van der Waals surface area (Å²) in [6.45, 7) is 4.48. The number of nitrogens with zero attached hydrogens (tertiary/aromatic N) is 1.